The van der Waals surface area contributed by atoms with Gasteiger partial charge in [0, 0.05) is 42.8 Å². The fourth-order valence-corrected chi connectivity index (χ4v) is 4.30. The zero-order valence-electron chi connectivity index (χ0n) is 18.7. The Morgan fingerprint density at radius 2 is 1.77 bits per heavy atom. The van der Waals surface area contributed by atoms with Crippen molar-refractivity contribution in [2.45, 2.75) is 12.3 Å². The maximum Gasteiger partial charge on any atom is 0.225 e. The zero-order chi connectivity index (χ0) is 23.6. The molecule has 6 rings (SSSR count). The van der Waals surface area contributed by atoms with Crippen LogP contribution in [0.1, 0.15) is 23.6 Å². The molecule has 0 amide bonds. The van der Waals surface area contributed by atoms with E-state index in [-0.39, 0.29) is 5.82 Å². The molecule has 1 fully saturated rings. The minimum Gasteiger partial charge on any atom is -0.340 e. The molecule has 0 spiro atoms. The number of hydrogen-bond acceptors (Lipinski definition) is 6. The van der Waals surface area contributed by atoms with Crippen LogP contribution in [0.15, 0.2) is 79.3 Å². The van der Waals surface area contributed by atoms with Gasteiger partial charge in [0.2, 0.25) is 5.95 Å². The van der Waals surface area contributed by atoms with Gasteiger partial charge in [-0.25, -0.2) is 24.3 Å². The first-order valence-corrected chi connectivity index (χ1v) is 11.3. The normalized spacial score (nSPS) is 15.2. The summed E-state index contributed by atoms with van der Waals surface area (Å²) < 4.78 is 14.9. The Morgan fingerprint density at radius 1 is 0.914 bits per heavy atom. The molecule has 8 heteroatoms. The quantitative estimate of drug-likeness (QED) is 0.374. The first-order valence-electron chi connectivity index (χ1n) is 11.3. The molecule has 0 radical (unpaired) electrons. The van der Waals surface area contributed by atoms with Crippen LogP contribution in [0.2, 0.25) is 0 Å². The van der Waals surface area contributed by atoms with Crippen LogP contribution in [0, 0.1) is 17.8 Å². The van der Waals surface area contributed by atoms with Crippen molar-refractivity contribution >= 4 is 16.9 Å². The second-order valence-electron chi connectivity index (χ2n) is 8.34. The molecule has 2 aromatic carbocycles. The van der Waals surface area contributed by atoms with E-state index in [1.165, 1.54) is 12.1 Å². The third-order valence-electron chi connectivity index (χ3n) is 6.11. The maximum absolute atomic E-state index is 13.3. The van der Waals surface area contributed by atoms with Crippen molar-refractivity contribution in [3.05, 3.63) is 96.3 Å². The van der Waals surface area contributed by atoms with Crippen molar-refractivity contribution in [2.75, 3.05) is 18.0 Å². The summed E-state index contributed by atoms with van der Waals surface area (Å²) in [6.45, 7) is 1.61. The summed E-state index contributed by atoms with van der Waals surface area (Å²) in [6, 6.07) is 21.2. The number of nitrogens with zero attached hydrogens (tertiary/aromatic N) is 7. The minimum absolute atomic E-state index is 0.218. The highest BCUT2D eigenvalue weighted by Gasteiger charge is 2.26. The van der Waals surface area contributed by atoms with Gasteiger partial charge in [-0.3, -0.25) is 0 Å². The minimum atomic E-state index is -0.218. The second kappa shape index (κ2) is 8.95. The Balaban J connectivity index is 1.22. The van der Waals surface area contributed by atoms with Gasteiger partial charge in [0.15, 0.2) is 5.82 Å². The van der Waals surface area contributed by atoms with E-state index < -0.39 is 0 Å². The van der Waals surface area contributed by atoms with Crippen LogP contribution < -0.4 is 4.90 Å². The van der Waals surface area contributed by atoms with Gasteiger partial charge in [-0.05, 0) is 48.2 Å². The van der Waals surface area contributed by atoms with Gasteiger partial charge in [-0.1, -0.05) is 30.3 Å². The monoisotopic (exact) mass is 461 g/mol. The van der Waals surface area contributed by atoms with Gasteiger partial charge in [0.1, 0.15) is 17.2 Å². The van der Waals surface area contributed by atoms with E-state index >= 15 is 0 Å². The fraction of sp³-hybridized carbons (Fsp3) is 0.148. The van der Waals surface area contributed by atoms with Crippen LogP contribution in [0.3, 0.4) is 0 Å². The lowest BCUT2D eigenvalue weighted by atomic mass is 9.99. The van der Waals surface area contributed by atoms with Gasteiger partial charge in [-0.15, -0.1) is 0 Å². The average molecular weight is 462 g/mol. The smallest absolute Gasteiger partial charge is 0.225 e. The Morgan fingerprint density at radius 3 is 2.69 bits per heavy atom. The fourth-order valence-electron chi connectivity index (χ4n) is 4.30. The highest BCUT2D eigenvalue weighted by Crippen LogP contribution is 2.29. The lowest BCUT2D eigenvalue weighted by Crippen LogP contribution is -2.21. The van der Waals surface area contributed by atoms with Crippen molar-refractivity contribution in [1.82, 2.24) is 29.7 Å². The summed E-state index contributed by atoms with van der Waals surface area (Å²) in [4.78, 5) is 20.3. The SMILES string of the molecule is Fc1ccc(C2CCN(c3nccc(-c4nccc(C#Cn5ncc6ccccc65)n4)n3)C2)cc1. The highest BCUT2D eigenvalue weighted by molar-refractivity contribution is 5.79. The van der Waals surface area contributed by atoms with Crippen molar-refractivity contribution in [1.29, 1.82) is 0 Å². The lowest BCUT2D eigenvalue weighted by molar-refractivity contribution is 0.625. The molecule has 4 heterocycles. The summed E-state index contributed by atoms with van der Waals surface area (Å²) in [5.41, 5.74) is 3.28. The number of halogens is 1. The van der Waals surface area contributed by atoms with Gasteiger partial charge in [0.05, 0.1) is 11.7 Å². The Bertz CT molecular complexity index is 1570. The number of fused-ring (bicyclic) bond motifs is 1. The molecule has 0 aliphatic carbocycles. The van der Waals surface area contributed by atoms with Crippen molar-refractivity contribution in [3.63, 3.8) is 0 Å². The van der Waals surface area contributed by atoms with Crippen molar-refractivity contribution in [2.24, 2.45) is 0 Å². The van der Waals surface area contributed by atoms with E-state index in [1.54, 1.807) is 35.4 Å². The van der Waals surface area contributed by atoms with E-state index in [0.717, 1.165) is 36.0 Å². The Kier molecular flexibility index (Phi) is 5.35. The van der Waals surface area contributed by atoms with E-state index in [2.05, 4.69) is 36.9 Å². The van der Waals surface area contributed by atoms with E-state index in [9.17, 15) is 4.39 Å². The van der Waals surface area contributed by atoms with Crippen LogP contribution in [-0.4, -0.2) is 42.8 Å². The van der Waals surface area contributed by atoms with Crippen molar-refractivity contribution in [3.8, 4) is 23.5 Å². The molecular formula is C27H20FN7. The lowest BCUT2D eigenvalue weighted by Gasteiger charge is -2.17. The molecule has 3 aromatic heterocycles. The van der Waals surface area contributed by atoms with Crippen LogP contribution in [0.4, 0.5) is 10.3 Å². The third-order valence-corrected chi connectivity index (χ3v) is 6.11. The molecule has 1 aliphatic rings. The largest absolute Gasteiger partial charge is 0.340 e. The maximum atomic E-state index is 13.3. The van der Waals surface area contributed by atoms with E-state index in [0.29, 0.717) is 29.1 Å². The molecular weight excluding hydrogens is 441 g/mol. The Labute approximate surface area is 201 Å². The molecule has 0 saturated carbocycles. The molecule has 1 saturated heterocycles. The first kappa shape index (κ1) is 20.9. The van der Waals surface area contributed by atoms with Gasteiger partial charge in [0.25, 0.3) is 0 Å². The molecule has 35 heavy (non-hydrogen) atoms. The van der Waals surface area contributed by atoms with Crippen LogP contribution in [0.25, 0.3) is 22.4 Å². The summed E-state index contributed by atoms with van der Waals surface area (Å²) in [5.74, 6) is 4.28. The number of benzene rings is 2. The van der Waals surface area contributed by atoms with Crippen LogP contribution in [0.5, 0.6) is 0 Å². The summed E-state index contributed by atoms with van der Waals surface area (Å²) in [5, 5.41) is 5.36. The topological polar surface area (TPSA) is 72.6 Å². The Hall–Kier alpha value is -4.64. The molecule has 0 N–H and O–H groups in total. The summed E-state index contributed by atoms with van der Waals surface area (Å²) in [6.07, 6.45) is 6.15. The van der Waals surface area contributed by atoms with Crippen LogP contribution >= 0.6 is 0 Å². The van der Waals surface area contributed by atoms with Gasteiger partial charge >= 0.3 is 0 Å². The predicted octanol–water partition coefficient (Wildman–Crippen LogP) is 4.27. The molecule has 170 valence electrons. The number of anilines is 1. The number of rotatable bonds is 3. The van der Waals surface area contributed by atoms with Crippen molar-refractivity contribution < 1.29 is 4.39 Å². The molecule has 7 nitrogen and oxygen atoms in total. The number of hydrogen-bond donors (Lipinski definition) is 0. The standard InChI is InChI=1S/C27H20FN7/c28-22-7-5-19(6-8-22)21-11-15-34(18-21)27-30-14-10-24(33-27)26-29-13-9-23(32-26)12-16-35-25-4-2-1-3-20(25)17-31-35/h1-10,13-14,17,21H,11,15,18H2. The van der Waals surface area contributed by atoms with Gasteiger partial charge < -0.3 is 4.90 Å². The average Bonchev–Trinajstić information content (AvgIpc) is 3.56. The third kappa shape index (κ3) is 4.32. The molecule has 0 bridgehead atoms. The van der Waals surface area contributed by atoms with E-state index in [1.807, 2.05) is 36.4 Å². The molecule has 5 aromatic rings. The molecule has 1 aliphatic heterocycles. The van der Waals surface area contributed by atoms with E-state index in [4.69, 9.17) is 4.98 Å². The van der Waals surface area contributed by atoms with Crippen LogP contribution in [-0.2, 0) is 0 Å². The second-order valence-corrected chi connectivity index (χ2v) is 8.34. The number of aromatic nitrogens is 6. The number of para-hydroxylation sites is 1. The first-order chi connectivity index (χ1) is 17.2. The highest BCUT2D eigenvalue weighted by atomic mass is 19.1. The van der Waals surface area contributed by atoms with Gasteiger partial charge in [-0.2, -0.15) is 9.78 Å². The summed E-state index contributed by atoms with van der Waals surface area (Å²) >= 11 is 0. The predicted molar refractivity (Wildman–Crippen MR) is 131 cm³/mol. The molecule has 1 atom stereocenters. The zero-order valence-corrected chi connectivity index (χ0v) is 18.7. The molecule has 1 unspecified atom stereocenters. The summed E-state index contributed by atoms with van der Waals surface area (Å²) in [7, 11) is 0.